The number of aromatic nitrogens is 5. The van der Waals surface area contributed by atoms with Crippen molar-refractivity contribution in [2.45, 2.75) is 20.0 Å². The average Bonchev–Trinajstić information content (AvgIpc) is 3.25. The molecule has 1 aliphatic heterocycles. The third kappa shape index (κ3) is 4.56. The maximum atomic E-state index is 13.4. The van der Waals surface area contributed by atoms with E-state index in [0.29, 0.717) is 36.2 Å². The number of carbonyl (C=O) groups excluding carboxylic acids is 1. The van der Waals surface area contributed by atoms with Gasteiger partial charge in [0.05, 0.1) is 25.5 Å². The summed E-state index contributed by atoms with van der Waals surface area (Å²) >= 11 is 0. The number of hydrogen-bond acceptors (Lipinski definition) is 7. The number of ether oxygens (including phenoxy) is 1. The van der Waals surface area contributed by atoms with E-state index in [1.807, 2.05) is 30.9 Å². The Balaban J connectivity index is 1.15. The van der Waals surface area contributed by atoms with Crippen molar-refractivity contribution in [3.8, 4) is 17.1 Å². The molecule has 1 saturated heterocycles. The van der Waals surface area contributed by atoms with Crippen LogP contribution in [-0.4, -0.2) is 50.2 Å². The predicted octanol–water partition coefficient (Wildman–Crippen LogP) is 3.54. The van der Waals surface area contributed by atoms with Crippen LogP contribution in [-0.2, 0) is 0 Å². The van der Waals surface area contributed by atoms with Crippen LogP contribution in [0.3, 0.4) is 0 Å². The van der Waals surface area contributed by atoms with Gasteiger partial charge in [-0.1, -0.05) is 6.07 Å². The van der Waals surface area contributed by atoms with Gasteiger partial charge in [-0.15, -0.1) is 0 Å². The Hall–Kier alpha value is -4.34. The zero-order chi connectivity index (χ0) is 23.7. The van der Waals surface area contributed by atoms with Gasteiger partial charge >= 0.3 is 0 Å². The average molecular weight is 459 g/mol. The highest BCUT2D eigenvalue weighted by Gasteiger charge is 2.30. The first kappa shape index (κ1) is 21.5. The molecule has 3 heterocycles. The number of rotatable bonds is 6. The highest BCUT2D eigenvalue weighted by molar-refractivity contribution is 6.02. The van der Waals surface area contributed by atoms with Crippen molar-refractivity contribution in [1.29, 1.82) is 0 Å². The van der Waals surface area contributed by atoms with Crippen LogP contribution in [0.15, 0.2) is 54.9 Å². The number of nitrogens with one attached hydrogen (secondary N) is 2. The van der Waals surface area contributed by atoms with Gasteiger partial charge in [-0.2, -0.15) is 5.10 Å². The van der Waals surface area contributed by atoms with E-state index in [9.17, 15) is 9.18 Å². The van der Waals surface area contributed by atoms with E-state index in [1.165, 1.54) is 18.3 Å². The minimum Gasteiger partial charge on any atom is -0.486 e. The van der Waals surface area contributed by atoms with Gasteiger partial charge in [-0.25, -0.2) is 19.3 Å². The molecule has 1 aliphatic rings. The lowest BCUT2D eigenvalue weighted by atomic mass is 10.1. The molecule has 2 aromatic heterocycles. The number of hydrogen-bond donors (Lipinski definition) is 2. The van der Waals surface area contributed by atoms with Gasteiger partial charge in [-0.3, -0.25) is 9.89 Å². The van der Waals surface area contributed by atoms with Crippen molar-refractivity contribution < 1.29 is 13.9 Å². The summed E-state index contributed by atoms with van der Waals surface area (Å²) < 4.78 is 19.3. The molecule has 5 rings (SSSR count). The smallest absolute Gasteiger partial charge is 0.275 e. The SMILES string of the molecule is Cc1nc(-c2ccc(NC(=O)c3cnc(N4CC(Oc5cc(F)ccc5C)C4)cn3)cc2)n[nH]1. The first-order valence-electron chi connectivity index (χ1n) is 10.8. The summed E-state index contributed by atoms with van der Waals surface area (Å²) in [6, 6.07) is 11.7. The molecule has 9 nitrogen and oxygen atoms in total. The molecule has 172 valence electrons. The topological polar surface area (TPSA) is 109 Å². The van der Waals surface area contributed by atoms with E-state index in [0.717, 1.165) is 17.0 Å². The Morgan fingerprint density at radius 1 is 1.12 bits per heavy atom. The van der Waals surface area contributed by atoms with Crippen LogP contribution in [0.1, 0.15) is 21.9 Å². The highest BCUT2D eigenvalue weighted by Crippen LogP contribution is 2.25. The van der Waals surface area contributed by atoms with Crippen molar-refractivity contribution in [3.63, 3.8) is 0 Å². The molecule has 34 heavy (non-hydrogen) atoms. The van der Waals surface area contributed by atoms with E-state index in [2.05, 4.69) is 30.5 Å². The van der Waals surface area contributed by atoms with E-state index < -0.39 is 0 Å². The second-order valence-electron chi connectivity index (χ2n) is 8.09. The first-order valence-corrected chi connectivity index (χ1v) is 10.8. The second kappa shape index (κ2) is 8.89. The van der Waals surface area contributed by atoms with Gasteiger partial charge in [0.1, 0.15) is 35.0 Å². The second-order valence-corrected chi connectivity index (χ2v) is 8.09. The van der Waals surface area contributed by atoms with Crippen molar-refractivity contribution >= 4 is 17.4 Å². The lowest BCUT2D eigenvalue weighted by Gasteiger charge is -2.39. The molecule has 1 fully saturated rings. The molecule has 0 bridgehead atoms. The number of aryl methyl sites for hydroxylation is 2. The Bertz CT molecular complexity index is 1320. The third-order valence-corrected chi connectivity index (χ3v) is 5.48. The molecular formula is C24H22FN7O2. The quantitative estimate of drug-likeness (QED) is 0.454. The molecule has 0 aliphatic carbocycles. The standard InChI is InChI=1S/C24H22FN7O2/c1-14-3-6-17(25)9-21(14)34-19-12-32(13-19)22-11-26-20(10-27-22)24(33)29-18-7-4-16(5-8-18)23-28-15(2)30-31-23/h3-11,19H,12-13H2,1-2H3,(H,29,33)(H,28,30,31). The van der Waals surface area contributed by atoms with Gasteiger partial charge in [0.15, 0.2) is 5.82 Å². The number of anilines is 2. The fourth-order valence-corrected chi connectivity index (χ4v) is 3.55. The Morgan fingerprint density at radius 3 is 2.59 bits per heavy atom. The summed E-state index contributed by atoms with van der Waals surface area (Å²) in [5.41, 5.74) is 2.57. The van der Waals surface area contributed by atoms with Gasteiger partial charge in [0, 0.05) is 17.3 Å². The summed E-state index contributed by atoms with van der Waals surface area (Å²) in [5.74, 6) is 1.85. The zero-order valence-corrected chi connectivity index (χ0v) is 18.6. The molecular weight excluding hydrogens is 437 g/mol. The number of nitrogens with zero attached hydrogens (tertiary/aromatic N) is 5. The summed E-state index contributed by atoms with van der Waals surface area (Å²) in [6.45, 7) is 4.92. The molecule has 0 saturated carbocycles. The van der Waals surface area contributed by atoms with Crippen LogP contribution in [0.2, 0.25) is 0 Å². The van der Waals surface area contributed by atoms with Gasteiger partial charge in [0.25, 0.3) is 5.91 Å². The Labute approximate surface area is 195 Å². The lowest BCUT2D eigenvalue weighted by molar-refractivity contribution is 0.102. The maximum Gasteiger partial charge on any atom is 0.275 e. The van der Waals surface area contributed by atoms with Crippen LogP contribution in [0.5, 0.6) is 5.75 Å². The number of amides is 1. The monoisotopic (exact) mass is 459 g/mol. The van der Waals surface area contributed by atoms with E-state index in [1.54, 1.807) is 24.4 Å². The minimum absolute atomic E-state index is 0.0613. The van der Waals surface area contributed by atoms with E-state index in [4.69, 9.17) is 4.74 Å². The largest absolute Gasteiger partial charge is 0.486 e. The molecule has 0 unspecified atom stereocenters. The van der Waals surface area contributed by atoms with Crippen LogP contribution >= 0.6 is 0 Å². The summed E-state index contributed by atoms with van der Waals surface area (Å²) in [4.78, 5) is 27.4. The molecule has 1 amide bonds. The number of benzene rings is 2. The third-order valence-electron chi connectivity index (χ3n) is 5.48. The van der Waals surface area contributed by atoms with Crippen LogP contribution in [0.25, 0.3) is 11.4 Å². The molecule has 0 spiro atoms. The molecule has 2 aromatic carbocycles. The molecule has 0 radical (unpaired) electrons. The molecule has 0 atom stereocenters. The number of carbonyl (C=O) groups is 1. The molecule has 4 aromatic rings. The molecule has 2 N–H and O–H groups in total. The fraction of sp³-hybridized carbons (Fsp3) is 0.208. The summed E-state index contributed by atoms with van der Waals surface area (Å²) in [6.07, 6.45) is 2.95. The Kier molecular flexibility index (Phi) is 5.62. The number of H-pyrrole nitrogens is 1. The zero-order valence-electron chi connectivity index (χ0n) is 18.6. The van der Waals surface area contributed by atoms with Crippen molar-refractivity contribution in [1.82, 2.24) is 25.1 Å². The lowest BCUT2D eigenvalue weighted by Crippen LogP contribution is -2.54. The van der Waals surface area contributed by atoms with Crippen molar-refractivity contribution in [2.24, 2.45) is 0 Å². The molecule has 10 heteroatoms. The highest BCUT2D eigenvalue weighted by atomic mass is 19.1. The van der Waals surface area contributed by atoms with Crippen molar-refractivity contribution in [3.05, 3.63) is 77.8 Å². The van der Waals surface area contributed by atoms with Crippen LogP contribution in [0.4, 0.5) is 15.9 Å². The summed E-state index contributed by atoms with van der Waals surface area (Å²) in [7, 11) is 0. The minimum atomic E-state index is -0.355. The Morgan fingerprint density at radius 2 is 1.91 bits per heavy atom. The van der Waals surface area contributed by atoms with Crippen LogP contribution in [0, 0.1) is 19.7 Å². The van der Waals surface area contributed by atoms with E-state index >= 15 is 0 Å². The van der Waals surface area contributed by atoms with E-state index in [-0.39, 0.29) is 23.5 Å². The van der Waals surface area contributed by atoms with Crippen LogP contribution < -0.4 is 15.0 Å². The maximum absolute atomic E-state index is 13.4. The number of aromatic amines is 1. The summed E-state index contributed by atoms with van der Waals surface area (Å²) in [5, 5.41) is 9.73. The van der Waals surface area contributed by atoms with Crippen molar-refractivity contribution in [2.75, 3.05) is 23.3 Å². The number of halogens is 1. The van der Waals surface area contributed by atoms with Gasteiger partial charge in [0.2, 0.25) is 0 Å². The first-order chi connectivity index (χ1) is 16.4. The fourth-order valence-electron chi connectivity index (χ4n) is 3.55. The van der Waals surface area contributed by atoms with Gasteiger partial charge in [-0.05, 0) is 49.7 Å². The predicted molar refractivity (Wildman–Crippen MR) is 124 cm³/mol. The van der Waals surface area contributed by atoms with Gasteiger partial charge < -0.3 is 15.0 Å². The normalized spacial score (nSPS) is 13.4.